The Hall–Kier alpha value is -4.14. The number of hydrogen-bond acceptors (Lipinski definition) is 4. The summed E-state index contributed by atoms with van der Waals surface area (Å²) >= 11 is 6.45. The van der Waals surface area contributed by atoms with E-state index in [0.29, 0.717) is 22.8 Å². The lowest BCUT2D eigenvalue weighted by Crippen LogP contribution is -2.53. The lowest BCUT2D eigenvalue weighted by molar-refractivity contribution is -0.140. The first-order valence-corrected chi connectivity index (χ1v) is 16.9. The average molecular weight is 646 g/mol. The predicted octanol–water partition coefficient (Wildman–Crippen LogP) is 6.71. The van der Waals surface area contributed by atoms with E-state index >= 15 is 0 Å². The molecule has 2 amide bonds. The summed E-state index contributed by atoms with van der Waals surface area (Å²) < 4.78 is 29.4. The highest BCUT2D eigenvalue weighted by atomic mass is 35.5. The molecule has 7 nitrogen and oxygen atoms in total. The third-order valence-corrected chi connectivity index (χ3v) is 9.84. The predicted molar refractivity (Wildman–Crippen MR) is 181 cm³/mol. The summed E-state index contributed by atoms with van der Waals surface area (Å²) in [7, 11) is -4.20. The number of halogens is 1. The molecule has 0 aliphatic heterocycles. The Balaban J connectivity index is 1.81. The number of carbonyl (C=O) groups excluding carboxylic acids is 2. The molecular weight excluding hydrogens is 606 g/mol. The first kappa shape index (κ1) is 33.7. The van der Waals surface area contributed by atoms with Gasteiger partial charge in [0.15, 0.2) is 0 Å². The number of hydrogen-bond donors (Lipinski definition) is 1. The third kappa shape index (κ3) is 8.74. The second kappa shape index (κ2) is 15.7. The summed E-state index contributed by atoms with van der Waals surface area (Å²) in [6, 6.07) is 29.3. The number of sulfonamides is 1. The molecular formula is C36H40ClN3O4S. The largest absolute Gasteiger partial charge is 0.354 e. The van der Waals surface area contributed by atoms with Crippen LogP contribution in [0.4, 0.5) is 5.69 Å². The zero-order valence-electron chi connectivity index (χ0n) is 25.9. The number of benzene rings is 4. The quantitative estimate of drug-likeness (QED) is 0.155. The Morgan fingerprint density at radius 1 is 0.844 bits per heavy atom. The van der Waals surface area contributed by atoms with Crippen molar-refractivity contribution in [1.82, 2.24) is 10.2 Å². The van der Waals surface area contributed by atoms with Gasteiger partial charge < -0.3 is 10.2 Å². The lowest BCUT2D eigenvalue weighted by atomic mass is 10.0. The van der Waals surface area contributed by atoms with Crippen LogP contribution in [0.1, 0.15) is 42.0 Å². The van der Waals surface area contributed by atoms with Crippen LogP contribution in [-0.2, 0) is 32.6 Å². The Kier molecular flexibility index (Phi) is 11.8. The maximum Gasteiger partial charge on any atom is 0.264 e. The molecule has 0 heterocycles. The SMILES string of the molecule is CCCCNC(=O)[C@@H](Cc1ccccc1)N(Cc1cccc(C)c1)C(=O)CN(c1cccc(Cl)c1C)S(=O)(=O)c1ccccc1. The molecule has 4 aromatic carbocycles. The Morgan fingerprint density at radius 3 is 2.16 bits per heavy atom. The fourth-order valence-electron chi connectivity index (χ4n) is 5.17. The zero-order valence-corrected chi connectivity index (χ0v) is 27.5. The van der Waals surface area contributed by atoms with Gasteiger partial charge in [-0.15, -0.1) is 0 Å². The normalized spacial score (nSPS) is 11.9. The van der Waals surface area contributed by atoms with Gasteiger partial charge >= 0.3 is 0 Å². The third-order valence-electron chi connectivity index (χ3n) is 7.65. The van der Waals surface area contributed by atoms with E-state index in [1.54, 1.807) is 43.3 Å². The number of nitrogens with zero attached hydrogens (tertiary/aromatic N) is 2. The van der Waals surface area contributed by atoms with Gasteiger partial charge in [-0.25, -0.2) is 8.42 Å². The molecule has 1 N–H and O–H groups in total. The van der Waals surface area contributed by atoms with Crippen LogP contribution in [0.3, 0.4) is 0 Å². The summed E-state index contributed by atoms with van der Waals surface area (Å²) in [4.78, 5) is 30.0. The Morgan fingerprint density at radius 2 is 1.49 bits per heavy atom. The molecule has 4 rings (SSSR count). The minimum atomic E-state index is -4.20. The van der Waals surface area contributed by atoms with Gasteiger partial charge in [0.1, 0.15) is 12.6 Å². The Labute approximate surface area is 271 Å². The van der Waals surface area contributed by atoms with Crippen LogP contribution in [0.25, 0.3) is 0 Å². The highest BCUT2D eigenvalue weighted by Gasteiger charge is 2.35. The van der Waals surface area contributed by atoms with E-state index in [1.165, 1.54) is 17.0 Å². The van der Waals surface area contributed by atoms with Gasteiger partial charge in [-0.2, -0.15) is 0 Å². The van der Waals surface area contributed by atoms with Crippen molar-refractivity contribution in [3.05, 3.63) is 130 Å². The van der Waals surface area contributed by atoms with E-state index in [2.05, 4.69) is 5.32 Å². The Bertz CT molecular complexity index is 1700. The molecule has 1 atom stereocenters. The average Bonchev–Trinajstić information content (AvgIpc) is 3.04. The molecule has 9 heteroatoms. The van der Waals surface area contributed by atoms with Crippen molar-refractivity contribution in [2.24, 2.45) is 0 Å². The number of amides is 2. The second-order valence-electron chi connectivity index (χ2n) is 11.1. The topological polar surface area (TPSA) is 86.8 Å². The van der Waals surface area contributed by atoms with Crippen LogP contribution in [0.15, 0.2) is 108 Å². The smallest absolute Gasteiger partial charge is 0.264 e. The van der Waals surface area contributed by atoms with Crippen molar-refractivity contribution in [1.29, 1.82) is 0 Å². The van der Waals surface area contributed by atoms with Crippen molar-refractivity contribution < 1.29 is 18.0 Å². The van der Waals surface area contributed by atoms with Crippen LogP contribution in [-0.4, -0.2) is 44.3 Å². The maximum atomic E-state index is 14.6. The van der Waals surface area contributed by atoms with Crippen molar-refractivity contribution in [3.8, 4) is 0 Å². The number of aryl methyl sites for hydroxylation is 1. The summed E-state index contributed by atoms with van der Waals surface area (Å²) in [6.07, 6.45) is 1.96. The van der Waals surface area contributed by atoms with Gasteiger partial charge in [0.25, 0.3) is 10.0 Å². The maximum absolute atomic E-state index is 14.6. The summed E-state index contributed by atoms with van der Waals surface area (Å²) in [5.41, 5.74) is 3.54. The number of anilines is 1. The van der Waals surface area contributed by atoms with Crippen molar-refractivity contribution in [2.45, 2.75) is 57.5 Å². The van der Waals surface area contributed by atoms with Crippen LogP contribution in [0.2, 0.25) is 5.02 Å². The monoisotopic (exact) mass is 645 g/mol. The molecule has 0 saturated heterocycles. The molecule has 0 fully saturated rings. The van der Waals surface area contributed by atoms with E-state index in [9.17, 15) is 18.0 Å². The lowest BCUT2D eigenvalue weighted by Gasteiger charge is -2.34. The van der Waals surface area contributed by atoms with E-state index in [4.69, 9.17) is 11.6 Å². The molecule has 0 unspecified atom stereocenters. The molecule has 0 aliphatic rings. The van der Waals surface area contributed by atoms with Gasteiger partial charge in [0, 0.05) is 24.5 Å². The van der Waals surface area contributed by atoms with Crippen LogP contribution < -0.4 is 9.62 Å². The van der Waals surface area contributed by atoms with Gasteiger partial charge in [0.05, 0.1) is 10.6 Å². The van der Waals surface area contributed by atoms with Crippen LogP contribution in [0.5, 0.6) is 0 Å². The molecule has 4 aromatic rings. The molecule has 45 heavy (non-hydrogen) atoms. The molecule has 0 spiro atoms. The van der Waals surface area contributed by atoms with Crippen LogP contribution >= 0.6 is 11.6 Å². The first-order valence-electron chi connectivity index (χ1n) is 15.1. The standard InChI is InChI=1S/C36H40ClN3O4S/c1-4-5-22-38-36(42)34(24-29-15-8-6-9-16-29)39(25-30-17-12-14-27(2)23-30)35(41)26-40(33-21-13-20-32(37)28(33)3)45(43,44)31-18-10-7-11-19-31/h6-21,23,34H,4-5,22,24-26H2,1-3H3,(H,38,42)/t34-/m1/s1. The fourth-order valence-corrected chi connectivity index (χ4v) is 6.83. The van der Waals surface area contributed by atoms with Gasteiger partial charge in [-0.3, -0.25) is 13.9 Å². The molecule has 236 valence electrons. The van der Waals surface area contributed by atoms with Crippen molar-refractivity contribution in [3.63, 3.8) is 0 Å². The van der Waals surface area contributed by atoms with E-state index < -0.39 is 28.5 Å². The minimum absolute atomic E-state index is 0.0422. The first-order chi connectivity index (χ1) is 21.6. The molecule has 0 aromatic heterocycles. The van der Waals surface area contributed by atoms with E-state index in [-0.39, 0.29) is 23.8 Å². The van der Waals surface area contributed by atoms with Gasteiger partial charge in [-0.05, 0) is 61.2 Å². The number of nitrogens with one attached hydrogen (secondary N) is 1. The van der Waals surface area contributed by atoms with E-state index in [0.717, 1.165) is 33.8 Å². The summed E-state index contributed by atoms with van der Waals surface area (Å²) in [6.45, 7) is 5.79. The second-order valence-corrected chi connectivity index (χ2v) is 13.3. The fraction of sp³-hybridized carbons (Fsp3) is 0.278. The van der Waals surface area contributed by atoms with Crippen molar-refractivity contribution in [2.75, 3.05) is 17.4 Å². The summed E-state index contributed by atoms with van der Waals surface area (Å²) in [5.74, 6) is -0.799. The van der Waals surface area contributed by atoms with Crippen molar-refractivity contribution >= 4 is 39.1 Å². The number of rotatable bonds is 14. The summed E-state index contributed by atoms with van der Waals surface area (Å²) in [5, 5.41) is 3.39. The number of unbranched alkanes of at least 4 members (excludes halogenated alkanes) is 1. The van der Waals surface area contributed by atoms with Gasteiger partial charge in [-0.1, -0.05) is 109 Å². The minimum Gasteiger partial charge on any atom is -0.354 e. The molecule has 0 bridgehead atoms. The number of carbonyl (C=O) groups is 2. The zero-order chi connectivity index (χ0) is 32.4. The highest BCUT2D eigenvalue weighted by molar-refractivity contribution is 7.92. The molecule has 0 aliphatic carbocycles. The highest BCUT2D eigenvalue weighted by Crippen LogP contribution is 2.31. The van der Waals surface area contributed by atoms with E-state index in [1.807, 2.05) is 68.4 Å². The van der Waals surface area contributed by atoms with Crippen LogP contribution in [0, 0.1) is 13.8 Å². The molecule has 0 radical (unpaired) electrons. The van der Waals surface area contributed by atoms with Gasteiger partial charge in [0.2, 0.25) is 11.8 Å². The molecule has 0 saturated carbocycles.